The number of nitriles is 1. The fourth-order valence-electron chi connectivity index (χ4n) is 4.73. The molecule has 154 valence electrons. The SMILES string of the molecule is C[C@H]1OC(=O)[C@@H]2CC(F)(F)[C@@H](C)[C@H](C=Cc3ccc(-c4ccccc4C#N)cn3)[C@H]12. The summed E-state index contributed by atoms with van der Waals surface area (Å²) in [6.07, 6.45) is 4.32. The molecule has 1 aliphatic carbocycles. The number of aromatic nitrogens is 1. The van der Waals surface area contributed by atoms with Crippen LogP contribution in [0.15, 0.2) is 48.7 Å². The van der Waals surface area contributed by atoms with Crippen molar-refractivity contribution in [2.24, 2.45) is 23.7 Å². The number of halogens is 2. The summed E-state index contributed by atoms with van der Waals surface area (Å²) in [5.74, 6) is -5.84. The number of nitrogens with zero attached hydrogens (tertiary/aromatic N) is 2. The minimum atomic E-state index is -2.92. The predicted molar refractivity (Wildman–Crippen MR) is 108 cm³/mol. The van der Waals surface area contributed by atoms with Crippen molar-refractivity contribution in [3.63, 3.8) is 0 Å². The summed E-state index contributed by atoms with van der Waals surface area (Å²) >= 11 is 0. The standard InChI is InChI=1S/C24H22F2N2O2/c1-14-19(22-15(2)30-23(29)21(22)11-24(14,25)26)10-9-18-8-7-17(13-28-18)20-6-4-3-5-16(20)12-27/h3-10,13-15,19,21-22H,11H2,1-2H3/t14-,15+,19-,21+,22-/m0/s1. The van der Waals surface area contributed by atoms with Gasteiger partial charge in [0.05, 0.1) is 23.2 Å². The summed E-state index contributed by atoms with van der Waals surface area (Å²) in [5.41, 5.74) is 2.79. The molecule has 4 nitrogen and oxygen atoms in total. The van der Waals surface area contributed by atoms with Gasteiger partial charge in [0.15, 0.2) is 0 Å². The number of benzene rings is 1. The number of carbonyl (C=O) groups excluding carboxylic acids is 1. The Hall–Kier alpha value is -3.07. The second kappa shape index (κ2) is 7.64. The molecule has 1 aromatic heterocycles. The molecule has 0 amide bonds. The van der Waals surface area contributed by atoms with Gasteiger partial charge in [0, 0.05) is 35.6 Å². The van der Waals surface area contributed by atoms with Gasteiger partial charge in [-0.25, -0.2) is 8.78 Å². The maximum Gasteiger partial charge on any atom is 0.309 e. The molecule has 6 heteroatoms. The number of ether oxygens (including phenoxy) is 1. The average molecular weight is 408 g/mol. The highest BCUT2D eigenvalue weighted by Crippen LogP contribution is 2.52. The number of pyridine rings is 1. The minimum Gasteiger partial charge on any atom is -0.462 e. The molecule has 2 aliphatic rings. The molecule has 2 heterocycles. The zero-order chi connectivity index (χ0) is 21.5. The van der Waals surface area contributed by atoms with Gasteiger partial charge in [-0.3, -0.25) is 9.78 Å². The van der Waals surface area contributed by atoms with E-state index >= 15 is 0 Å². The summed E-state index contributed by atoms with van der Waals surface area (Å²) in [6.45, 7) is 3.31. The van der Waals surface area contributed by atoms with E-state index in [0.29, 0.717) is 11.3 Å². The zero-order valence-electron chi connectivity index (χ0n) is 16.8. The van der Waals surface area contributed by atoms with Crippen molar-refractivity contribution >= 4 is 12.0 Å². The van der Waals surface area contributed by atoms with Gasteiger partial charge in [0.25, 0.3) is 5.92 Å². The number of hydrogen-bond donors (Lipinski definition) is 0. The van der Waals surface area contributed by atoms with Crippen LogP contribution in [0.2, 0.25) is 0 Å². The Balaban J connectivity index is 1.59. The van der Waals surface area contributed by atoms with Gasteiger partial charge in [-0.1, -0.05) is 37.3 Å². The lowest BCUT2D eigenvalue weighted by Crippen LogP contribution is -2.46. The van der Waals surface area contributed by atoms with Crippen LogP contribution in [0.25, 0.3) is 17.2 Å². The first-order valence-corrected chi connectivity index (χ1v) is 10.0. The van der Waals surface area contributed by atoms with Crippen molar-refractivity contribution in [2.75, 3.05) is 0 Å². The van der Waals surface area contributed by atoms with Crippen molar-refractivity contribution in [3.8, 4) is 17.2 Å². The number of alkyl halides is 2. The maximum atomic E-state index is 14.5. The largest absolute Gasteiger partial charge is 0.462 e. The Labute approximate surface area is 174 Å². The molecule has 1 aromatic carbocycles. The van der Waals surface area contributed by atoms with Crippen LogP contribution in [-0.4, -0.2) is 23.0 Å². The number of allylic oxidation sites excluding steroid dienone is 1. The number of hydrogen-bond acceptors (Lipinski definition) is 4. The first-order valence-electron chi connectivity index (χ1n) is 10.0. The quantitative estimate of drug-likeness (QED) is 0.663. The highest BCUT2D eigenvalue weighted by molar-refractivity contribution is 5.76. The molecule has 1 aliphatic heterocycles. The Morgan fingerprint density at radius 1 is 1.23 bits per heavy atom. The first-order chi connectivity index (χ1) is 14.3. The molecule has 30 heavy (non-hydrogen) atoms. The van der Waals surface area contributed by atoms with Gasteiger partial charge in [-0.05, 0) is 31.1 Å². The van der Waals surface area contributed by atoms with Gasteiger partial charge in [0.2, 0.25) is 0 Å². The Morgan fingerprint density at radius 2 is 2.00 bits per heavy atom. The van der Waals surface area contributed by atoms with Crippen LogP contribution in [0.4, 0.5) is 8.78 Å². The van der Waals surface area contributed by atoms with Crippen LogP contribution in [-0.2, 0) is 9.53 Å². The van der Waals surface area contributed by atoms with Crippen LogP contribution in [0.5, 0.6) is 0 Å². The second-order valence-corrected chi connectivity index (χ2v) is 8.15. The van der Waals surface area contributed by atoms with Crippen molar-refractivity contribution in [3.05, 3.63) is 59.9 Å². The van der Waals surface area contributed by atoms with Gasteiger partial charge >= 0.3 is 5.97 Å². The summed E-state index contributed by atoms with van der Waals surface area (Å²) in [5, 5.41) is 9.27. The fraction of sp³-hybridized carbons (Fsp3) is 0.375. The lowest BCUT2D eigenvalue weighted by atomic mass is 9.64. The molecular formula is C24H22F2N2O2. The van der Waals surface area contributed by atoms with Gasteiger partial charge in [-0.15, -0.1) is 0 Å². The summed E-state index contributed by atoms with van der Waals surface area (Å²) in [4.78, 5) is 16.5. The predicted octanol–water partition coefficient (Wildman–Crippen LogP) is 5.10. The Bertz CT molecular complexity index is 1030. The van der Waals surface area contributed by atoms with E-state index in [2.05, 4.69) is 11.1 Å². The van der Waals surface area contributed by atoms with Crippen molar-refractivity contribution in [1.82, 2.24) is 4.98 Å². The van der Waals surface area contributed by atoms with Crippen LogP contribution < -0.4 is 0 Å². The second-order valence-electron chi connectivity index (χ2n) is 8.15. The summed E-state index contributed by atoms with van der Waals surface area (Å²) in [6, 6.07) is 13.1. The van der Waals surface area contributed by atoms with Gasteiger partial charge < -0.3 is 4.74 Å². The molecule has 0 bridgehead atoms. The van der Waals surface area contributed by atoms with Crippen LogP contribution in [0.3, 0.4) is 0 Å². The molecule has 2 fully saturated rings. The van der Waals surface area contributed by atoms with E-state index in [4.69, 9.17) is 4.74 Å². The minimum absolute atomic E-state index is 0.259. The third kappa shape index (κ3) is 3.49. The monoisotopic (exact) mass is 408 g/mol. The normalized spacial score (nSPS) is 30.0. The number of rotatable bonds is 3. The van der Waals surface area contributed by atoms with Crippen LogP contribution >= 0.6 is 0 Å². The summed E-state index contributed by atoms with van der Waals surface area (Å²) < 4.78 is 34.4. The maximum absolute atomic E-state index is 14.5. The van der Waals surface area contributed by atoms with Crippen LogP contribution in [0, 0.1) is 35.0 Å². The van der Waals surface area contributed by atoms with Crippen molar-refractivity contribution < 1.29 is 18.3 Å². The number of carbonyl (C=O) groups is 1. The molecule has 0 radical (unpaired) electrons. The third-order valence-corrected chi connectivity index (χ3v) is 6.43. The number of esters is 1. The number of fused-ring (bicyclic) bond motifs is 1. The lowest BCUT2D eigenvalue weighted by Gasteiger charge is -2.41. The Morgan fingerprint density at radius 3 is 2.70 bits per heavy atom. The molecule has 0 unspecified atom stereocenters. The van der Waals surface area contributed by atoms with E-state index in [1.807, 2.05) is 18.2 Å². The van der Waals surface area contributed by atoms with Gasteiger partial charge in [-0.2, -0.15) is 5.26 Å². The molecule has 4 rings (SSSR count). The van der Waals surface area contributed by atoms with E-state index in [1.165, 1.54) is 6.92 Å². The average Bonchev–Trinajstić information content (AvgIpc) is 3.01. The molecule has 5 atom stereocenters. The van der Waals surface area contributed by atoms with Crippen molar-refractivity contribution in [2.45, 2.75) is 32.3 Å². The molecule has 1 saturated heterocycles. The van der Waals surface area contributed by atoms with Gasteiger partial charge in [0.1, 0.15) is 6.10 Å². The lowest BCUT2D eigenvalue weighted by molar-refractivity contribution is -0.152. The molecule has 0 N–H and O–H groups in total. The molecule has 1 saturated carbocycles. The first kappa shape index (κ1) is 20.2. The zero-order valence-corrected chi connectivity index (χ0v) is 16.8. The number of cyclic esters (lactones) is 1. The van der Waals surface area contributed by atoms with Crippen molar-refractivity contribution in [1.29, 1.82) is 5.26 Å². The van der Waals surface area contributed by atoms with E-state index < -0.39 is 36.1 Å². The van der Waals surface area contributed by atoms with E-state index in [1.54, 1.807) is 43.5 Å². The van der Waals surface area contributed by atoms with Crippen LogP contribution in [0.1, 0.15) is 31.5 Å². The summed E-state index contributed by atoms with van der Waals surface area (Å²) in [7, 11) is 0. The van der Waals surface area contributed by atoms with E-state index in [9.17, 15) is 18.8 Å². The third-order valence-electron chi connectivity index (χ3n) is 6.43. The van der Waals surface area contributed by atoms with E-state index in [0.717, 1.165) is 11.1 Å². The highest BCUT2D eigenvalue weighted by Gasteiger charge is 2.59. The highest BCUT2D eigenvalue weighted by atomic mass is 19.3. The molecule has 2 aromatic rings. The fourth-order valence-corrected chi connectivity index (χ4v) is 4.73. The Kier molecular flexibility index (Phi) is 5.15. The topological polar surface area (TPSA) is 63.0 Å². The molecule has 0 spiro atoms. The van der Waals surface area contributed by atoms with E-state index in [-0.39, 0.29) is 12.0 Å². The molecular weight excluding hydrogens is 386 g/mol. The smallest absolute Gasteiger partial charge is 0.309 e.